The van der Waals surface area contributed by atoms with Crippen molar-refractivity contribution in [1.82, 2.24) is 0 Å². The van der Waals surface area contributed by atoms with Crippen LogP contribution >= 0.6 is 0 Å². The molecular formula is C8H13NO3. The number of aliphatic carboxylic acids is 1. The van der Waals surface area contributed by atoms with Gasteiger partial charge in [-0.1, -0.05) is 19.1 Å². The predicted octanol–water partition coefficient (Wildman–Crippen LogP) is 0.529. The van der Waals surface area contributed by atoms with Crippen LogP contribution in [0.1, 0.15) is 19.8 Å². The average Bonchev–Trinajstić information content (AvgIpc) is 1.96. The first kappa shape index (κ1) is 10.7. The fourth-order valence-corrected chi connectivity index (χ4v) is 0.752. The second-order valence-corrected chi connectivity index (χ2v) is 2.44. The number of nitrogens with two attached hydrogens (primary N) is 1. The molecule has 68 valence electrons. The van der Waals surface area contributed by atoms with Gasteiger partial charge in [0.15, 0.2) is 0 Å². The molecule has 0 aliphatic carbocycles. The number of hydrogen-bond acceptors (Lipinski definition) is 2. The van der Waals surface area contributed by atoms with E-state index in [1.165, 1.54) is 6.08 Å². The number of allylic oxidation sites excluding steroid dienone is 1. The molecular weight excluding hydrogens is 158 g/mol. The van der Waals surface area contributed by atoms with Crippen molar-refractivity contribution >= 4 is 11.9 Å². The molecule has 3 N–H and O–H groups in total. The summed E-state index contributed by atoms with van der Waals surface area (Å²) in [4.78, 5) is 20.9. The lowest BCUT2D eigenvalue weighted by atomic mass is 10.0. The van der Waals surface area contributed by atoms with Crippen LogP contribution in [-0.2, 0) is 9.59 Å². The quantitative estimate of drug-likeness (QED) is 0.592. The minimum atomic E-state index is -1.01. The number of carbonyl (C=O) groups excluding carboxylic acids is 1. The standard InChI is InChI=1S/C8H13NO3/c1-2-3-4-6(8(9)12)5-7(10)11/h3-4,6H,2,5H2,1H3,(H2,9,12)(H,10,11). The number of amides is 1. The summed E-state index contributed by atoms with van der Waals surface area (Å²) >= 11 is 0. The van der Waals surface area contributed by atoms with Gasteiger partial charge in [-0.2, -0.15) is 0 Å². The number of carbonyl (C=O) groups is 2. The van der Waals surface area contributed by atoms with Crippen molar-refractivity contribution in [2.75, 3.05) is 0 Å². The Morgan fingerprint density at radius 1 is 1.58 bits per heavy atom. The summed E-state index contributed by atoms with van der Waals surface area (Å²) in [6.07, 6.45) is 3.81. The minimum Gasteiger partial charge on any atom is -0.481 e. The van der Waals surface area contributed by atoms with E-state index in [2.05, 4.69) is 0 Å². The Labute approximate surface area is 71.1 Å². The predicted molar refractivity (Wildman–Crippen MR) is 44.4 cm³/mol. The van der Waals surface area contributed by atoms with E-state index in [0.717, 1.165) is 6.42 Å². The zero-order valence-electron chi connectivity index (χ0n) is 6.99. The highest BCUT2D eigenvalue weighted by Gasteiger charge is 2.14. The number of rotatable bonds is 5. The maximum absolute atomic E-state index is 10.6. The van der Waals surface area contributed by atoms with Crippen LogP contribution < -0.4 is 5.73 Å². The van der Waals surface area contributed by atoms with Crippen LogP contribution in [0.2, 0.25) is 0 Å². The molecule has 4 heteroatoms. The van der Waals surface area contributed by atoms with Crippen molar-refractivity contribution in [2.45, 2.75) is 19.8 Å². The van der Waals surface area contributed by atoms with Crippen molar-refractivity contribution in [2.24, 2.45) is 11.7 Å². The van der Waals surface area contributed by atoms with E-state index >= 15 is 0 Å². The summed E-state index contributed by atoms with van der Waals surface area (Å²) in [6.45, 7) is 1.90. The van der Waals surface area contributed by atoms with E-state index in [-0.39, 0.29) is 6.42 Å². The van der Waals surface area contributed by atoms with Crippen LogP contribution in [0.5, 0.6) is 0 Å². The first-order chi connectivity index (χ1) is 5.57. The molecule has 0 heterocycles. The summed E-state index contributed by atoms with van der Waals surface area (Å²) in [7, 11) is 0. The van der Waals surface area contributed by atoms with E-state index < -0.39 is 17.8 Å². The van der Waals surface area contributed by atoms with Gasteiger partial charge in [-0.15, -0.1) is 0 Å². The molecule has 0 rings (SSSR count). The van der Waals surface area contributed by atoms with Crippen LogP contribution in [0.4, 0.5) is 0 Å². The third-order valence-electron chi connectivity index (χ3n) is 1.36. The second-order valence-electron chi connectivity index (χ2n) is 2.44. The molecule has 0 saturated carbocycles. The summed E-state index contributed by atoms with van der Waals surface area (Å²) in [5.74, 6) is -2.29. The maximum Gasteiger partial charge on any atom is 0.304 e. The molecule has 0 spiro atoms. The van der Waals surface area contributed by atoms with Crippen LogP contribution in [0.3, 0.4) is 0 Å². The van der Waals surface area contributed by atoms with Gasteiger partial charge in [0.2, 0.25) is 5.91 Å². The van der Waals surface area contributed by atoms with E-state index in [4.69, 9.17) is 10.8 Å². The maximum atomic E-state index is 10.6. The Kier molecular flexibility index (Phi) is 4.76. The summed E-state index contributed by atoms with van der Waals surface area (Å²) < 4.78 is 0. The minimum absolute atomic E-state index is 0.230. The molecule has 0 bridgehead atoms. The van der Waals surface area contributed by atoms with E-state index in [0.29, 0.717) is 0 Å². The number of carboxylic acids is 1. The Balaban J connectivity index is 4.14. The molecule has 0 aromatic heterocycles. The highest BCUT2D eigenvalue weighted by atomic mass is 16.4. The highest BCUT2D eigenvalue weighted by Crippen LogP contribution is 2.04. The molecule has 4 nitrogen and oxygen atoms in total. The molecule has 0 aromatic rings. The number of primary amides is 1. The molecule has 1 unspecified atom stereocenters. The molecule has 0 aromatic carbocycles. The third kappa shape index (κ3) is 4.49. The SMILES string of the molecule is CCC=CC(CC(=O)O)C(N)=O. The lowest BCUT2D eigenvalue weighted by molar-refractivity contribution is -0.139. The first-order valence-electron chi connectivity index (χ1n) is 3.75. The molecule has 1 amide bonds. The lowest BCUT2D eigenvalue weighted by Gasteiger charge is -2.03. The van der Waals surface area contributed by atoms with Gasteiger partial charge in [0.1, 0.15) is 0 Å². The molecule has 0 fully saturated rings. The van der Waals surface area contributed by atoms with Gasteiger partial charge in [0, 0.05) is 0 Å². The van der Waals surface area contributed by atoms with Crippen molar-refractivity contribution in [3.05, 3.63) is 12.2 Å². The normalized spacial score (nSPS) is 13.1. The highest BCUT2D eigenvalue weighted by molar-refractivity contribution is 5.83. The largest absolute Gasteiger partial charge is 0.481 e. The molecule has 0 aliphatic heterocycles. The van der Waals surface area contributed by atoms with E-state index in [1.54, 1.807) is 6.08 Å². The average molecular weight is 171 g/mol. The van der Waals surface area contributed by atoms with Crippen LogP contribution in [0.25, 0.3) is 0 Å². The summed E-state index contributed by atoms with van der Waals surface area (Å²) in [5, 5.41) is 8.39. The van der Waals surface area contributed by atoms with Gasteiger partial charge < -0.3 is 10.8 Å². The zero-order chi connectivity index (χ0) is 9.56. The smallest absolute Gasteiger partial charge is 0.304 e. The topological polar surface area (TPSA) is 80.4 Å². The summed E-state index contributed by atoms with van der Waals surface area (Å²) in [6, 6.07) is 0. The third-order valence-corrected chi connectivity index (χ3v) is 1.36. The van der Waals surface area contributed by atoms with Crippen molar-refractivity contribution in [3.63, 3.8) is 0 Å². The zero-order valence-corrected chi connectivity index (χ0v) is 6.99. The lowest BCUT2D eigenvalue weighted by Crippen LogP contribution is -2.23. The van der Waals surface area contributed by atoms with E-state index in [1.807, 2.05) is 6.92 Å². The van der Waals surface area contributed by atoms with Gasteiger partial charge in [0.05, 0.1) is 12.3 Å². The first-order valence-corrected chi connectivity index (χ1v) is 3.75. The van der Waals surface area contributed by atoms with Crippen LogP contribution in [0.15, 0.2) is 12.2 Å². The fourth-order valence-electron chi connectivity index (χ4n) is 0.752. The number of carboxylic acid groups (broad SMARTS) is 1. The fraction of sp³-hybridized carbons (Fsp3) is 0.500. The van der Waals surface area contributed by atoms with Gasteiger partial charge >= 0.3 is 5.97 Å². The Bertz CT molecular complexity index is 198. The van der Waals surface area contributed by atoms with Crippen molar-refractivity contribution < 1.29 is 14.7 Å². The monoisotopic (exact) mass is 171 g/mol. The Morgan fingerprint density at radius 2 is 2.17 bits per heavy atom. The van der Waals surface area contributed by atoms with Gasteiger partial charge in [0.25, 0.3) is 0 Å². The van der Waals surface area contributed by atoms with Crippen LogP contribution in [0, 0.1) is 5.92 Å². The van der Waals surface area contributed by atoms with Gasteiger partial charge in [-0.3, -0.25) is 9.59 Å². The Morgan fingerprint density at radius 3 is 2.50 bits per heavy atom. The van der Waals surface area contributed by atoms with Crippen molar-refractivity contribution in [1.29, 1.82) is 0 Å². The van der Waals surface area contributed by atoms with Crippen molar-refractivity contribution in [3.8, 4) is 0 Å². The molecule has 0 radical (unpaired) electrons. The van der Waals surface area contributed by atoms with Gasteiger partial charge in [-0.25, -0.2) is 0 Å². The Hall–Kier alpha value is -1.32. The molecule has 12 heavy (non-hydrogen) atoms. The molecule has 0 aliphatic rings. The van der Waals surface area contributed by atoms with Gasteiger partial charge in [-0.05, 0) is 6.42 Å². The van der Waals surface area contributed by atoms with E-state index in [9.17, 15) is 9.59 Å². The number of hydrogen-bond donors (Lipinski definition) is 2. The van der Waals surface area contributed by atoms with Crippen LogP contribution in [-0.4, -0.2) is 17.0 Å². The summed E-state index contributed by atoms with van der Waals surface area (Å²) in [5.41, 5.74) is 4.97. The second kappa shape index (κ2) is 5.35. The molecule has 0 saturated heterocycles. The molecule has 1 atom stereocenters.